The number of carbonyl (C=O) groups excluding carboxylic acids is 3. The van der Waals surface area contributed by atoms with Crippen LogP contribution in [0.4, 0.5) is 10.1 Å². The van der Waals surface area contributed by atoms with E-state index in [9.17, 15) is 18.8 Å². The molecule has 8 nitrogen and oxygen atoms in total. The maximum Gasteiger partial charge on any atom is 0.230 e. The van der Waals surface area contributed by atoms with Crippen LogP contribution in [0.3, 0.4) is 0 Å². The first-order valence-corrected chi connectivity index (χ1v) is 9.91. The number of rotatable bonds is 3. The van der Waals surface area contributed by atoms with Crippen molar-refractivity contribution in [2.45, 2.75) is 32.6 Å². The molecule has 1 unspecified atom stereocenters. The molecule has 1 N–H and O–H groups in total. The molecule has 0 radical (unpaired) electrons. The zero-order valence-corrected chi connectivity index (χ0v) is 16.9. The molecule has 1 saturated heterocycles. The first kappa shape index (κ1) is 20.1. The first-order valence-electron chi connectivity index (χ1n) is 9.91. The smallest absolute Gasteiger partial charge is 0.230 e. The van der Waals surface area contributed by atoms with Gasteiger partial charge in [0.2, 0.25) is 17.7 Å². The van der Waals surface area contributed by atoms with Crippen LogP contribution in [0.1, 0.15) is 34.9 Å². The minimum absolute atomic E-state index is 0.0304. The monoisotopic (exact) mass is 414 g/mol. The molecule has 158 valence electrons. The van der Waals surface area contributed by atoms with E-state index in [1.54, 1.807) is 29.7 Å². The number of amides is 3. The minimum atomic E-state index is -0.640. The molecule has 1 aromatic carbocycles. The summed E-state index contributed by atoms with van der Waals surface area (Å²) in [5.41, 5.74) is 2.48. The van der Waals surface area contributed by atoms with E-state index in [0.29, 0.717) is 48.9 Å². The predicted molar refractivity (Wildman–Crippen MR) is 105 cm³/mol. The lowest BCUT2D eigenvalue weighted by Crippen LogP contribution is -2.52. The molecule has 2 aromatic rings. The molecule has 1 atom stereocenters. The number of hydrogen-bond donors (Lipinski definition) is 1. The largest absolute Gasteiger partial charge is 0.361 e. The Kier molecular flexibility index (Phi) is 5.27. The molecule has 3 amide bonds. The second-order valence-corrected chi connectivity index (χ2v) is 7.72. The van der Waals surface area contributed by atoms with Gasteiger partial charge < -0.3 is 19.6 Å². The van der Waals surface area contributed by atoms with Crippen molar-refractivity contribution in [3.05, 3.63) is 46.6 Å². The van der Waals surface area contributed by atoms with Crippen molar-refractivity contribution in [1.29, 1.82) is 0 Å². The van der Waals surface area contributed by atoms with E-state index >= 15 is 0 Å². The van der Waals surface area contributed by atoms with Crippen molar-refractivity contribution < 1.29 is 23.3 Å². The van der Waals surface area contributed by atoms with Crippen molar-refractivity contribution >= 4 is 23.4 Å². The summed E-state index contributed by atoms with van der Waals surface area (Å²) in [5, 5.41) is 6.50. The third-order valence-corrected chi connectivity index (χ3v) is 5.81. The molecular formula is C21H23FN4O4. The number of fused-ring (bicyclic) bond motifs is 1. The predicted octanol–water partition coefficient (Wildman–Crippen LogP) is 1.77. The number of aryl methyl sites for hydroxylation is 2. The lowest BCUT2D eigenvalue weighted by molar-refractivity contribution is -0.140. The molecule has 3 heterocycles. The highest BCUT2D eigenvalue weighted by molar-refractivity contribution is 6.01. The number of anilines is 1. The van der Waals surface area contributed by atoms with Crippen LogP contribution in [-0.4, -0.2) is 58.9 Å². The average molecular weight is 414 g/mol. The molecule has 1 aromatic heterocycles. The number of carbonyl (C=O) groups is 3. The van der Waals surface area contributed by atoms with Gasteiger partial charge in [-0.3, -0.25) is 14.4 Å². The molecule has 0 saturated carbocycles. The SMILES string of the molecule is Cc1noc(C)c1CC(=O)N1CCN(C(=O)C2CC(=O)Nc3cc(F)ccc32)CC1. The zero-order valence-electron chi connectivity index (χ0n) is 16.9. The maximum atomic E-state index is 13.5. The second kappa shape index (κ2) is 7.89. The summed E-state index contributed by atoms with van der Waals surface area (Å²) in [6.45, 7) is 5.21. The number of halogens is 1. The van der Waals surface area contributed by atoms with Crippen molar-refractivity contribution in [2.24, 2.45) is 0 Å². The Balaban J connectivity index is 1.40. The van der Waals surface area contributed by atoms with E-state index < -0.39 is 11.7 Å². The van der Waals surface area contributed by atoms with Crippen molar-refractivity contribution in [3.63, 3.8) is 0 Å². The van der Waals surface area contributed by atoms with Gasteiger partial charge >= 0.3 is 0 Å². The summed E-state index contributed by atoms with van der Waals surface area (Å²) in [6, 6.07) is 4.08. The van der Waals surface area contributed by atoms with Crippen LogP contribution in [0, 0.1) is 19.7 Å². The summed E-state index contributed by atoms with van der Waals surface area (Å²) < 4.78 is 18.6. The van der Waals surface area contributed by atoms with Crippen LogP contribution < -0.4 is 5.32 Å². The van der Waals surface area contributed by atoms with E-state index in [4.69, 9.17) is 4.52 Å². The van der Waals surface area contributed by atoms with E-state index in [2.05, 4.69) is 10.5 Å². The molecule has 0 spiro atoms. The molecule has 30 heavy (non-hydrogen) atoms. The van der Waals surface area contributed by atoms with Crippen molar-refractivity contribution in [3.8, 4) is 0 Å². The summed E-state index contributed by atoms with van der Waals surface area (Å²) in [7, 11) is 0. The van der Waals surface area contributed by atoms with E-state index in [1.807, 2.05) is 0 Å². The van der Waals surface area contributed by atoms with E-state index in [0.717, 1.165) is 5.56 Å². The van der Waals surface area contributed by atoms with Crippen LogP contribution in [-0.2, 0) is 20.8 Å². The van der Waals surface area contributed by atoms with Crippen LogP contribution in [0.25, 0.3) is 0 Å². The van der Waals surface area contributed by atoms with Gasteiger partial charge in [0, 0.05) is 43.9 Å². The van der Waals surface area contributed by atoms with Crippen LogP contribution in [0.2, 0.25) is 0 Å². The van der Waals surface area contributed by atoms with E-state index in [-0.39, 0.29) is 30.6 Å². The highest BCUT2D eigenvalue weighted by Gasteiger charge is 2.35. The first-order chi connectivity index (χ1) is 14.3. The summed E-state index contributed by atoms with van der Waals surface area (Å²) in [5.74, 6) is -0.976. The van der Waals surface area contributed by atoms with Gasteiger partial charge in [0.1, 0.15) is 11.6 Å². The lowest BCUT2D eigenvalue weighted by Gasteiger charge is -2.37. The van der Waals surface area contributed by atoms with Gasteiger partial charge in [0.25, 0.3) is 0 Å². The van der Waals surface area contributed by atoms with Gasteiger partial charge in [-0.1, -0.05) is 11.2 Å². The van der Waals surface area contributed by atoms with Crippen molar-refractivity contribution in [1.82, 2.24) is 15.0 Å². The molecular weight excluding hydrogens is 391 g/mol. The summed E-state index contributed by atoms with van der Waals surface area (Å²) in [4.78, 5) is 41.2. The van der Waals surface area contributed by atoms with Gasteiger partial charge in [-0.25, -0.2) is 4.39 Å². The summed E-state index contributed by atoms with van der Waals surface area (Å²) in [6.07, 6.45) is 0.250. The van der Waals surface area contributed by atoms with Gasteiger partial charge in [-0.2, -0.15) is 0 Å². The summed E-state index contributed by atoms with van der Waals surface area (Å²) >= 11 is 0. The fraction of sp³-hybridized carbons (Fsp3) is 0.429. The molecule has 9 heteroatoms. The molecule has 2 aliphatic rings. The molecule has 0 aliphatic carbocycles. The Morgan fingerprint density at radius 2 is 1.90 bits per heavy atom. The Bertz CT molecular complexity index is 991. The number of aromatic nitrogens is 1. The highest BCUT2D eigenvalue weighted by Crippen LogP contribution is 2.34. The molecule has 4 rings (SSSR count). The number of hydrogen-bond acceptors (Lipinski definition) is 5. The number of piperazine rings is 1. The lowest BCUT2D eigenvalue weighted by atomic mass is 9.89. The number of nitrogens with one attached hydrogen (secondary N) is 1. The minimum Gasteiger partial charge on any atom is -0.361 e. The van der Waals surface area contributed by atoms with Gasteiger partial charge in [0.15, 0.2) is 0 Å². The van der Waals surface area contributed by atoms with E-state index in [1.165, 1.54) is 12.1 Å². The zero-order chi connectivity index (χ0) is 21.4. The maximum absolute atomic E-state index is 13.5. The van der Waals surface area contributed by atoms with Crippen LogP contribution >= 0.6 is 0 Å². The van der Waals surface area contributed by atoms with Crippen LogP contribution in [0.15, 0.2) is 22.7 Å². The Morgan fingerprint density at radius 1 is 1.20 bits per heavy atom. The molecule has 0 bridgehead atoms. The third kappa shape index (κ3) is 3.79. The Morgan fingerprint density at radius 3 is 2.57 bits per heavy atom. The Labute approximate surface area is 173 Å². The fourth-order valence-electron chi connectivity index (χ4n) is 4.07. The van der Waals surface area contributed by atoms with Gasteiger partial charge in [0.05, 0.1) is 18.0 Å². The number of benzene rings is 1. The quantitative estimate of drug-likeness (QED) is 0.826. The third-order valence-electron chi connectivity index (χ3n) is 5.81. The normalized spacial score (nSPS) is 18.8. The highest BCUT2D eigenvalue weighted by atomic mass is 19.1. The standard InChI is InChI=1S/C21H23FN4O4/c1-12-16(13(2)30-24-12)11-20(28)25-5-7-26(8-6-25)21(29)17-10-19(27)23-18-9-14(22)3-4-15(17)18/h3-4,9,17H,5-8,10-11H2,1-2H3,(H,23,27). The van der Waals surface area contributed by atoms with Crippen molar-refractivity contribution in [2.75, 3.05) is 31.5 Å². The van der Waals surface area contributed by atoms with Gasteiger partial charge in [-0.05, 0) is 31.5 Å². The average Bonchev–Trinajstić information content (AvgIpc) is 3.04. The van der Waals surface area contributed by atoms with Crippen LogP contribution in [0.5, 0.6) is 0 Å². The Hall–Kier alpha value is -3.23. The second-order valence-electron chi connectivity index (χ2n) is 7.72. The molecule has 1 fully saturated rings. The van der Waals surface area contributed by atoms with Gasteiger partial charge in [-0.15, -0.1) is 0 Å². The molecule has 2 aliphatic heterocycles. The topological polar surface area (TPSA) is 95.8 Å². The fourth-order valence-corrected chi connectivity index (χ4v) is 4.07. The number of nitrogens with zero attached hydrogens (tertiary/aromatic N) is 3.